The van der Waals surface area contributed by atoms with Crippen molar-refractivity contribution < 1.29 is 17.7 Å². The topological polar surface area (TPSA) is 87.0 Å². The Morgan fingerprint density at radius 2 is 1.88 bits per heavy atom. The van der Waals surface area contributed by atoms with Crippen LogP contribution in [0.5, 0.6) is 0 Å². The van der Waals surface area contributed by atoms with Crippen LogP contribution in [0, 0.1) is 19.8 Å². The van der Waals surface area contributed by atoms with E-state index in [2.05, 4.69) is 17.0 Å². The van der Waals surface area contributed by atoms with Gasteiger partial charge < -0.3 is 9.42 Å². The van der Waals surface area contributed by atoms with Crippen LogP contribution >= 0.6 is 0 Å². The number of piperazine rings is 1. The third kappa shape index (κ3) is 3.94. The van der Waals surface area contributed by atoms with Gasteiger partial charge in [0.25, 0.3) is 0 Å². The van der Waals surface area contributed by atoms with Gasteiger partial charge in [-0.15, -0.1) is 0 Å². The molecule has 3 rings (SSSR count). The van der Waals surface area contributed by atoms with Crippen molar-refractivity contribution in [2.45, 2.75) is 38.5 Å². The number of sulfonamides is 1. The fraction of sp³-hybridized carbons (Fsp3) is 0.765. The first-order chi connectivity index (χ1) is 12.3. The summed E-state index contributed by atoms with van der Waals surface area (Å²) in [6, 6.07) is 0. The average molecular weight is 385 g/mol. The van der Waals surface area contributed by atoms with Crippen molar-refractivity contribution >= 4 is 15.9 Å². The lowest BCUT2D eigenvalue weighted by molar-refractivity contribution is -0.134. The molecule has 1 unspecified atom stereocenters. The summed E-state index contributed by atoms with van der Waals surface area (Å²) < 4.78 is 32.1. The van der Waals surface area contributed by atoms with Gasteiger partial charge in [-0.2, -0.15) is 4.31 Å². The Labute approximate surface area is 155 Å². The van der Waals surface area contributed by atoms with Crippen LogP contribution in [0.2, 0.25) is 0 Å². The number of piperidine rings is 1. The van der Waals surface area contributed by atoms with Crippen LogP contribution in [-0.2, 0) is 14.8 Å². The quantitative estimate of drug-likeness (QED) is 0.765. The van der Waals surface area contributed by atoms with E-state index in [0.29, 0.717) is 50.1 Å². The number of aryl methyl sites for hydroxylation is 2. The monoisotopic (exact) mass is 384 g/mol. The molecule has 146 valence electrons. The molecule has 0 bridgehead atoms. The summed E-state index contributed by atoms with van der Waals surface area (Å²) in [5.41, 5.74) is 0.375. The highest BCUT2D eigenvalue weighted by atomic mass is 32.2. The Hall–Kier alpha value is -1.45. The minimum Gasteiger partial charge on any atom is -0.360 e. The van der Waals surface area contributed by atoms with E-state index in [9.17, 15) is 13.2 Å². The second kappa shape index (κ2) is 7.66. The lowest BCUT2D eigenvalue weighted by atomic mass is 10.0. The Balaban J connectivity index is 1.58. The van der Waals surface area contributed by atoms with Gasteiger partial charge >= 0.3 is 0 Å². The van der Waals surface area contributed by atoms with Crippen molar-refractivity contribution in [3.8, 4) is 0 Å². The summed E-state index contributed by atoms with van der Waals surface area (Å²) in [5.74, 6) is 1.03. The molecule has 0 aromatic carbocycles. The molecule has 2 fully saturated rings. The Morgan fingerprint density at radius 3 is 2.46 bits per heavy atom. The molecule has 1 aromatic rings. The maximum Gasteiger partial charge on any atom is 0.248 e. The first kappa shape index (κ1) is 19.3. The van der Waals surface area contributed by atoms with Crippen molar-refractivity contribution in [2.75, 3.05) is 45.8 Å². The van der Waals surface area contributed by atoms with E-state index >= 15 is 0 Å². The molecule has 8 nitrogen and oxygen atoms in total. The van der Waals surface area contributed by atoms with Gasteiger partial charge in [0, 0.05) is 32.7 Å². The summed E-state index contributed by atoms with van der Waals surface area (Å²) in [7, 11) is -3.63. The van der Waals surface area contributed by atoms with Crippen molar-refractivity contribution in [2.24, 2.45) is 5.92 Å². The normalized spacial score (nSPS) is 23.3. The van der Waals surface area contributed by atoms with Crippen LogP contribution in [0.25, 0.3) is 0 Å². The van der Waals surface area contributed by atoms with Crippen LogP contribution in [0.1, 0.15) is 31.2 Å². The summed E-state index contributed by atoms with van der Waals surface area (Å²) in [6.07, 6.45) is 2.36. The number of carbonyl (C=O) groups is 1. The molecular formula is C17H28N4O4S. The van der Waals surface area contributed by atoms with Crippen LogP contribution in [0.3, 0.4) is 0 Å². The standard InChI is InChI=1S/C17H28N4O4S/c1-13-5-4-6-19(11-13)12-16(22)20-7-9-21(10-8-20)26(23,24)17-14(2)18-25-15(17)3/h13H,4-12H2,1-3H3. The second-order valence-electron chi connectivity index (χ2n) is 7.42. The van der Waals surface area contributed by atoms with E-state index in [-0.39, 0.29) is 10.8 Å². The molecule has 2 saturated heterocycles. The molecule has 0 aliphatic carbocycles. The molecule has 1 atom stereocenters. The number of nitrogens with zero attached hydrogens (tertiary/aromatic N) is 4. The summed E-state index contributed by atoms with van der Waals surface area (Å²) in [6.45, 7) is 9.26. The molecular weight excluding hydrogens is 356 g/mol. The van der Waals surface area contributed by atoms with Gasteiger partial charge in [-0.25, -0.2) is 8.42 Å². The van der Waals surface area contributed by atoms with Crippen LogP contribution in [0.4, 0.5) is 0 Å². The zero-order valence-corrected chi connectivity index (χ0v) is 16.6. The molecule has 9 heteroatoms. The predicted molar refractivity (Wildman–Crippen MR) is 96.2 cm³/mol. The number of hydrogen-bond acceptors (Lipinski definition) is 6. The Bertz CT molecular complexity index is 733. The summed E-state index contributed by atoms with van der Waals surface area (Å²) >= 11 is 0. The van der Waals surface area contributed by atoms with Gasteiger partial charge in [0.1, 0.15) is 10.6 Å². The molecule has 1 aromatic heterocycles. The Kier molecular flexibility index (Phi) is 5.69. The number of aromatic nitrogens is 1. The van der Waals surface area contributed by atoms with E-state index < -0.39 is 10.0 Å². The smallest absolute Gasteiger partial charge is 0.248 e. The van der Waals surface area contributed by atoms with Crippen molar-refractivity contribution in [1.82, 2.24) is 19.3 Å². The molecule has 2 aliphatic heterocycles. The molecule has 0 spiro atoms. The minimum atomic E-state index is -3.63. The third-order valence-electron chi connectivity index (χ3n) is 5.26. The maximum absolute atomic E-state index is 12.8. The largest absolute Gasteiger partial charge is 0.360 e. The lowest BCUT2D eigenvalue weighted by Gasteiger charge is -2.36. The summed E-state index contributed by atoms with van der Waals surface area (Å²) in [4.78, 5) is 16.7. The second-order valence-corrected chi connectivity index (χ2v) is 9.30. The van der Waals surface area contributed by atoms with Crippen molar-refractivity contribution in [1.29, 1.82) is 0 Å². The predicted octanol–water partition coefficient (Wildman–Crippen LogP) is 0.856. The Morgan fingerprint density at radius 1 is 1.19 bits per heavy atom. The van der Waals surface area contributed by atoms with Gasteiger partial charge in [0.05, 0.1) is 6.54 Å². The lowest BCUT2D eigenvalue weighted by Crippen LogP contribution is -2.53. The van der Waals surface area contributed by atoms with E-state index in [4.69, 9.17) is 4.52 Å². The molecule has 0 saturated carbocycles. The van der Waals surface area contributed by atoms with Crippen LogP contribution in [-0.4, -0.2) is 79.4 Å². The first-order valence-electron chi connectivity index (χ1n) is 9.22. The fourth-order valence-corrected chi connectivity index (χ4v) is 5.58. The minimum absolute atomic E-state index is 0.0912. The highest BCUT2D eigenvalue weighted by Crippen LogP contribution is 2.24. The number of rotatable bonds is 4. The molecule has 1 amide bonds. The van der Waals surface area contributed by atoms with Gasteiger partial charge in [-0.3, -0.25) is 9.69 Å². The highest BCUT2D eigenvalue weighted by molar-refractivity contribution is 7.89. The van der Waals surface area contributed by atoms with Crippen LogP contribution in [0.15, 0.2) is 9.42 Å². The number of hydrogen-bond donors (Lipinski definition) is 0. The fourth-order valence-electron chi connectivity index (χ4n) is 3.87. The summed E-state index contributed by atoms with van der Waals surface area (Å²) in [5, 5.41) is 3.74. The molecule has 0 N–H and O–H groups in total. The number of amides is 1. The maximum atomic E-state index is 12.8. The van der Waals surface area contributed by atoms with Crippen molar-refractivity contribution in [3.63, 3.8) is 0 Å². The van der Waals surface area contributed by atoms with E-state index in [1.54, 1.807) is 18.7 Å². The van der Waals surface area contributed by atoms with Gasteiger partial charge in [-0.1, -0.05) is 12.1 Å². The zero-order valence-electron chi connectivity index (χ0n) is 15.8. The third-order valence-corrected chi connectivity index (χ3v) is 7.40. The van der Waals surface area contributed by atoms with E-state index in [0.717, 1.165) is 19.5 Å². The number of likely N-dealkylation sites (tertiary alicyclic amines) is 1. The van der Waals surface area contributed by atoms with E-state index in [1.165, 1.54) is 10.7 Å². The van der Waals surface area contributed by atoms with E-state index in [1.807, 2.05) is 0 Å². The van der Waals surface area contributed by atoms with Crippen LogP contribution < -0.4 is 0 Å². The SMILES string of the molecule is Cc1noc(C)c1S(=O)(=O)N1CCN(C(=O)CN2CCCC(C)C2)CC1. The van der Waals surface area contributed by atoms with Gasteiger partial charge in [0.2, 0.25) is 15.9 Å². The molecule has 26 heavy (non-hydrogen) atoms. The molecule has 3 heterocycles. The first-order valence-corrected chi connectivity index (χ1v) is 10.7. The zero-order chi connectivity index (χ0) is 18.9. The highest BCUT2D eigenvalue weighted by Gasteiger charge is 2.34. The average Bonchev–Trinajstić information content (AvgIpc) is 2.94. The van der Waals surface area contributed by atoms with Crippen molar-refractivity contribution in [3.05, 3.63) is 11.5 Å². The van der Waals surface area contributed by atoms with Gasteiger partial charge in [0.15, 0.2) is 5.76 Å². The molecule has 2 aliphatic rings. The van der Waals surface area contributed by atoms with Gasteiger partial charge in [-0.05, 0) is 39.2 Å². The molecule has 0 radical (unpaired) electrons. The number of carbonyl (C=O) groups excluding carboxylic acids is 1.